The fourth-order valence-electron chi connectivity index (χ4n) is 3.11. The number of rotatable bonds is 5. The maximum atomic E-state index is 14.6. The van der Waals surface area contributed by atoms with E-state index in [1.165, 1.54) is 11.1 Å². The summed E-state index contributed by atoms with van der Waals surface area (Å²) in [6.07, 6.45) is 2.60. The van der Waals surface area contributed by atoms with Gasteiger partial charge in [0.05, 0.1) is 11.0 Å². The van der Waals surface area contributed by atoms with Crippen molar-refractivity contribution in [3.05, 3.63) is 77.3 Å². The van der Waals surface area contributed by atoms with Crippen LogP contribution in [0, 0.1) is 11.6 Å². The Balaban J connectivity index is 1.56. The van der Waals surface area contributed by atoms with Gasteiger partial charge < -0.3 is 4.90 Å². The van der Waals surface area contributed by atoms with Crippen LogP contribution in [0.2, 0.25) is 0 Å². The first-order chi connectivity index (χ1) is 13.3. The summed E-state index contributed by atoms with van der Waals surface area (Å²) in [4.78, 5) is 5.60. The Morgan fingerprint density at radius 1 is 1.07 bits per heavy atom. The van der Waals surface area contributed by atoms with Crippen LogP contribution in [0.5, 0.6) is 0 Å². The Labute approximate surface area is 160 Å². The second-order valence-electron chi connectivity index (χ2n) is 6.90. The van der Waals surface area contributed by atoms with Crippen molar-refractivity contribution in [1.29, 1.82) is 0 Å². The molecule has 0 unspecified atom stereocenters. The Kier molecular flexibility index (Phi) is 4.74. The van der Waals surface area contributed by atoms with E-state index in [0.717, 1.165) is 12.1 Å². The Morgan fingerprint density at radius 2 is 1.86 bits per heavy atom. The monoisotopic (exact) mass is 406 g/mol. The number of anilines is 1. The molecule has 1 heterocycles. The summed E-state index contributed by atoms with van der Waals surface area (Å²) in [5, 5.41) is -0.249. The quantitative estimate of drug-likeness (QED) is 0.751. The molecule has 1 aliphatic carbocycles. The number of aliphatic imine (C=N–C) groups is 1. The molecule has 0 amide bonds. The van der Waals surface area contributed by atoms with E-state index in [0.29, 0.717) is 30.2 Å². The first kappa shape index (κ1) is 18.7. The summed E-state index contributed by atoms with van der Waals surface area (Å²) >= 11 is 0. The number of allylic oxidation sites excluding steroid dienone is 1. The molecule has 2 aromatic carbocycles. The van der Waals surface area contributed by atoms with Crippen molar-refractivity contribution in [3.63, 3.8) is 0 Å². The van der Waals surface area contributed by atoms with Crippen molar-refractivity contribution in [2.75, 3.05) is 11.6 Å². The van der Waals surface area contributed by atoms with Gasteiger partial charge in [-0.3, -0.25) is 4.99 Å². The second-order valence-corrected chi connectivity index (χ2v) is 9.18. The van der Waals surface area contributed by atoms with E-state index < -0.39 is 27.3 Å². The van der Waals surface area contributed by atoms with Gasteiger partial charge >= 0.3 is 0 Å². The van der Waals surface area contributed by atoms with Gasteiger partial charge in [0, 0.05) is 23.5 Å². The van der Waals surface area contributed by atoms with E-state index >= 15 is 0 Å². The van der Waals surface area contributed by atoms with Gasteiger partial charge in [-0.05, 0) is 42.7 Å². The van der Waals surface area contributed by atoms with Crippen molar-refractivity contribution in [2.24, 2.45) is 4.99 Å². The lowest BCUT2D eigenvalue weighted by molar-refractivity contribution is 0.580. The molecule has 146 valence electrons. The molecular weight excluding hydrogens is 389 g/mol. The SMILES string of the molecule is O=S(=O)(Cc1cccc(N2C=C(F)C(c3ccc(F)cc3F)=NC2)c1)C1CC1. The normalized spacial score (nSPS) is 17.3. The van der Waals surface area contributed by atoms with Gasteiger partial charge in [0.25, 0.3) is 0 Å². The van der Waals surface area contributed by atoms with Crippen molar-refractivity contribution < 1.29 is 21.6 Å². The zero-order valence-corrected chi connectivity index (χ0v) is 15.6. The van der Waals surface area contributed by atoms with Crippen LogP contribution in [0.3, 0.4) is 0 Å². The zero-order valence-electron chi connectivity index (χ0n) is 14.8. The van der Waals surface area contributed by atoms with E-state index in [1.807, 2.05) is 0 Å². The van der Waals surface area contributed by atoms with Crippen molar-refractivity contribution in [2.45, 2.75) is 23.8 Å². The standard InChI is InChI=1S/C20H17F3N2O2S/c21-14-4-7-17(18(22)9-14)20-19(23)10-25(12-24-20)15-3-1-2-13(8-15)11-28(26,27)16-5-6-16/h1-4,7-10,16H,5-6,11-12H2. The van der Waals surface area contributed by atoms with E-state index in [-0.39, 0.29) is 28.9 Å². The van der Waals surface area contributed by atoms with Crippen LogP contribution in [0.1, 0.15) is 24.0 Å². The molecule has 0 aromatic heterocycles. The first-order valence-corrected chi connectivity index (χ1v) is 10.5. The fraction of sp³-hybridized carbons (Fsp3) is 0.250. The molecule has 1 saturated carbocycles. The summed E-state index contributed by atoms with van der Waals surface area (Å²) in [6, 6.07) is 9.70. The Bertz CT molecular complexity index is 1090. The fourth-order valence-corrected chi connectivity index (χ4v) is 4.85. The molecule has 4 rings (SSSR count). The molecule has 0 saturated heterocycles. The molecule has 1 aliphatic heterocycles. The molecule has 28 heavy (non-hydrogen) atoms. The van der Waals surface area contributed by atoms with Crippen LogP contribution in [0.15, 0.2) is 59.5 Å². The molecule has 8 heteroatoms. The average molecular weight is 406 g/mol. The minimum atomic E-state index is -3.16. The molecule has 0 bridgehead atoms. The highest BCUT2D eigenvalue weighted by atomic mass is 32.2. The third kappa shape index (κ3) is 3.82. The van der Waals surface area contributed by atoms with Gasteiger partial charge in [-0.25, -0.2) is 21.6 Å². The molecule has 2 aromatic rings. The van der Waals surface area contributed by atoms with Gasteiger partial charge in [0.1, 0.15) is 24.0 Å². The average Bonchev–Trinajstić information content (AvgIpc) is 3.48. The summed E-state index contributed by atoms with van der Waals surface area (Å²) < 4.78 is 65.9. The predicted molar refractivity (Wildman–Crippen MR) is 102 cm³/mol. The van der Waals surface area contributed by atoms with E-state index in [1.54, 1.807) is 24.3 Å². The topological polar surface area (TPSA) is 49.7 Å². The van der Waals surface area contributed by atoms with Gasteiger partial charge in [-0.2, -0.15) is 0 Å². The third-order valence-electron chi connectivity index (χ3n) is 4.71. The van der Waals surface area contributed by atoms with Crippen molar-refractivity contribution >= 4 is 21.2 Å². The van der Waals surface area contributed by atoms with Crippen molar-refractivity contribution in [3.8, 4) is 0 Å². The minimum Gasteiger partial charge on any atom is -0.325 e. The van der Waals surface area contributed by atoms with Crippen LogP contribution in [0.25, 0.3) is 0 Å². The lowest BCUT2D eigenvalue weighted by Gasteiger charge is -2.24. The molecule has 2 aliphatic rings. The lowest BCUT2D eigenvalue weighted by Crippen LogP contribution is -2.24. The number of sulfone groups is 1. The summed E-state index contributed by atoms with van der Waals surface area (Å²) in [5.41, 5.74) is 0.916. The third-order valence-corrected chi connectivity index (χ3v) is 6.93. The highest BCUT2D eigenvalue weighted by molar-refractivity contribution is 7.91. The maximum Gasteiger partial charge on any atom is 0.165 e. The largest absolute Gasteiger partial charge is 0.325 e. The van der Waals surface area contributed by atoms with Gasteiger partial charge in [0.15, 0.2) is 15.7 Å². The second kappa shape index (κ2) is 7.09. The molecule has 1 fully saturated rings. The Hall–Kier alpha value is -2.61. The molecule has 0 N–H and O–H groups in total. The van der Waals surface area contributed by atoms with Gasteiger partial charge in [-0.1, -0.05) is 12.1 Å². The van der Waals surface area contributed by atoms with Crippen LogP contribution in [-0.4, -0.2) is 26.0 Å². The summed E-state index contributed by atoms with van der Waals surface area (Å²) in [7, 11) is -3.16. The number of benzene rings is 2. The summed E-state index contributed by atoms with van der Waals surface area (Å²) in [6.45, 7) is 0.0262. The van der Waals surface area contributed by atoms with Gasteiger partial charge in [0.2, 0.25) is 0 Å². The lowest BCUT2D eigenvalue weighted by atomic mass is 10.1. The van der Waals surface area contributed by atoms with E-state index in [9.17, 15) is 21.6 Å². The van der Waals surface area contributed by atoms with E-state index in [2.05, 4.69) is 4.99 Å². The number of halogens is 3. The minimum absolute atomic E-state index is 0.0262. The van der Waals surface area contributed by atoms with Crippen LogP contribution in [-0.2, 0) is 15.6 Å². The Morgan fingerprint density at radius 3 is 2.54 bits per heavy atom. The predicted octanol–water partition coefficient (Wildman–Crippen LogP) is 4.12. The van der Waals surface area contributed by atoms with Crippen LogP contribution >= 0.6 is 0 Å². The first-order valence-electron chi connectivity index (χ1n) is 8.78. The highest BCUT2D eigenvalue weighted by Gasteiger charge is 2.35. The molecule has 0 spiro atoms. The van der Waals surface area contributed by atoms with E-state index in [4.69, 9.17) is 0 Å². The number of nitrogens with zero attached hydrogens (tertiary/aromatic N) is 2. The number of hydrogen-bond donors (Lipinski definition) is 0. The molecular formula is C20H17F3N2O2S. The maximum absolute atomic E-state index is 14.6. The van der Waals surface area contributed by atoms with Crippen molar-refractivity contribution in [1.82, 2.24) is 0 Å². The van der Waals surface area contributed by atoms with Crippen LogP contribution in [0.4, 0.5) is 18.9 Å². The zero-order chi connectivity index (χ0) is 19.9. The number of hydrogen-bond acceptors (Lipinski definition) is 4. The molecule has 0 atom stereocenters. The highest BCUT2D eigenvalue weighted by Crippen LogP contribution is 2.32. The van der Waals surface area contributed by atoms with Crippen LogP contribution < -0.4 is 4.90 Å². The molecule has 0 radical (unpaired) electrons. The summed E-state index contributed by atoms with van der Waals surface area (Å²) in [5.74, 6) is -2.45. The smallest absolute Gasteiger partial charge is 0.165 e. The molecule has 4 nitrogen and oxygen atoms in total. The van der Waals surface area contributed by atoms with Gasteiger partial charge in [-0.15, -0.1) is 0 Å².